The molecule has 0 aromatic rings. The summed E-state index contributed by atoms with van der Waals surface area (Å²) in [6.07, 6.45) is 0. The van der Waals surface area contributed by atoms with Crippen LogP contribution in [0, 0.1) is 0 Å². The molecule has 0 amide bonds. The molecule has 2 nitrogen and oxygen atoms in total. The highest BCUT2D eigenvalue weighted by Crippen LogP contribution is 2.13. The van der Waals surface area contributed by atoms with E-state index in [1.807, 2.05) is 14.1 Å². The third-order valence-corrected chi connectivity index (χ3v) is 1.66. The van der Waals surface area contributed by atoms with Crippen molar-refractivity contribution in [2.45, 2.75) is 6.04 Å². The Balaban J connectivity index is 2.49. The van der Waals surface area contributed by atoms with Crippen molar-refractivity contribution in [3.05, 3.63) is 12.2 Å². The number of hydrogen-bond donors (Lipinski definition) is 0. The van der Waals surface area contributed by atoms with Crippen molar-refractivity contribution in [1.82, 2.24) is 4.90 Å². The minimum absolute atomic E-state index is 0.449. The van der Waals surface area contributed by atoms with E-state index in [9.17, 15) is 0 Å². The van der Waals surface area contributed by atoms with Gasteiger partial charge in [0.2, 0.25) is 0 Å². The van der Waals surface area contributed by atoms with Crippen molar-refractivity contribution >= 4 is 0 Å². The zero-order valence-electron chi connectivity index (χ0n) is 6.05. The largest absolute Gasteiger partial charge is 0.375 e. The van der Waals surface area contributed by atoms with E-state index in [2.05, 4.69) is 11.5 Å². The van der Waals surface area contributed by atoms with Crippen molar-refractivity contribution in [3.8, 4) is 0 Å². The van der Waals surface area contributed by atoms with Crippen molar-refractivity contribution in [2.24, 2.45) is 0 Å². The molecule has 1 rings (SSSR count). The van der Waals surface area contributed by atoms with Gasteiger partial charge in [0.05, 0.1) is 19.3 Å². The van der Waals surface area contributed by atoms with E-state index in [0.29, 0.717) is 6.04 Å². The molecule has 0 unspecified atom stereocenters. The number of likely N-dealkylation sites (N-methyl/N-ethyl adjacent to an activating group) is 1. The minimum atomic E-state index is 0.449. The van der Waals surface area contributed by atoms with Crippen LogP contribution in [0.2, 0.25) is 0 Å². The third kappa shape index (κ3) is 1.32. The monoisotopic (exact) mass is 127 g/mol. The van der Waals surface area contributed by atoms with Crippen LogP contribution in [0.15, 0.2) is 12.2 Å². The van der Waals surface area contributed by atoms with Crippen molar-refractivity contribution < 1.29 is 4.74 Å². The minimum Gasteiger partial charge on any atom is -0.375 e. The fraction of sp³-hybridized carbons (Fsp3) is 0.714. The zero-order chi connectivity index (χ0) is 6.85. The lowest BCUT2D eigenvalue weighted by molar-refractivity contribution is 0.170. The van der Waals surface area contributed by atoms with E-state index >= 15 is 0 Å². The molecule has 0 aliphatic carbocycles. The molecule has 1 fully saturated rings. The fourth-order valence-electron chi connectivity index (χ4n) is 1.03. The smallest absolute Gasteiger partial charge is 0.0691 e. The summed E-state index contributed by atoms with van der Waals surface area (Å²) >= 11 is 0. The Morgan fingerprint density at radius 3 is 2.56 bits per heavy atom. The highest BCUT2D eigenvalue weighted by molar-refractivity contribution is 5.09. The molecular weight excluding hydrogens is 114 g/mol. The van der Waals surface area contributed by atoms with E-state index in [1.165, 1.54) is 5.57 Å². The predicted octanol–water partition coefficient (Wildman–Crippen LogP) is 0.503. The van der Waals surface area contributed by atoms with Gasteiger partial charge in [-0.3, -0.25) is 0 Å². The third-order valence-electron chi connectivity index (χ3n) is 1.66. The van der Waals surface area contributed by atoms with Crippen LogP contribution >= 0.6 is 0 Å². The van der Waals surface area contributed by atoms with Crippen LogP contribution in [0.3, 0.4) is 0 Å². The SMILES string of the molecule is C=C1COC[C@H]1N(C)C. The molecule has 1 heterocycles. The summed E-state index contributed by atoms with van der Waals surface area (Å²) in [5, 5.41) is 0. The van der Waals surface area contributed by atoms with Crippen LogP contribution in [0.5, 0.6) is 0 Å². The maximum atomic E-state index is 5.19. The molecule has 1 saturated heterocycles. The molecule has 9 heavy (non-hydrogen) atoms. The fourth-order valence-corrected chi connectivity index (χ4v) is 1.03. The number of hydrogen-bond acceptors (Lipinski definition) is 2. The molecule has 52 valence electrons. The first-order valence-electron chi connectivity index (χ1n) is 3.13. The van der Waals surface area contributed by atoms with Gasteiger partial charge in [-0.05, 0) is 19.7 Å². The second kappa shape index (κ2) is 2.50. The van der Waals surface area contributed by atoms with Crippen LogP contribution < -0.4 is 0 Å². The van der Waals surface area contributed by atoms with Crippen LogP contribution in [0.25, 0.3) is 0 Å². The molecular formula is C7H13NO. The Bertz CT molecular complexity index is 120. The van der Waals surface area contributed by atoms with Crippen molar-refractivity contribution in [3.63, 3.8) is 0 Å². The summed E-state index contributed by atoms with van der Waals surface area (Å²) < 4.78 is 5.19. The normalized spacial score (nSPS) is 27.9. The standard InChI is InChI=1S/C7H13NO/c1-6-4-9-5-7(6)8(2)3/h7H,1,4-5H2,2-3H3/t7-/m1/s1. The van der Waals surface area contributed by atoms with E-state index < -0.39 is 0 Å². The summed E-state index contributed by atoms with van der Waals surface area (Å²) in [6.45, 7) is 5.44. The number of ether oxygens (including phenoxy) is 1. The highest BCUT2D eigenvalue weighted by atomic mass is 16.5. The topological polar surface area (TPSA) is 12.5 Å². The van der Waals surface area contributed by atoms with E-state index in [-0.39, 0.29) is 0 Å². The second-order valence-electron chi connectivity index (χ2n) is 2.65. The Morgan fingerprint density at radius 2 is 2.33 bits per heavy atom. The second-order valence-corrected chi connectivity index (χ2v) is 2.65. The molecule has 2 heteroatoms. The van der Waals surface area contributed by atoms with Crippen LogP contribution in [0.1, 0.15) is 0 Å². The summed E-state index contributed by atoms with van der Waals surface area (Å²) in [4.78, 5) is 2.13. The van der Waals surface area contributed by atoms with Crippen molar-refractivity contribution in [1.29, 1.82) is 0 Å². The highest BCUT2D eigenvalue weighted by Gasteiger charge is 2.20. The van der Waals surface area contributed by atoms with Gasteiger partial charge in [0.25, 0.3) is 0 Å². The van der Waals surface area contributed by atoms with Crippen LogP contribution in [-0.2, 0) is 4.74 Å². The molecule has 0 aromatic carbocycles. The first-order valence-corrected chi connectivity index (χ1v) is 3.13. The summed E-state index contributed by atoms with van der Waals surface area (Å²) in [6, 6.07) is 0.449. The predicted molar refractivity (Wildman–Crippen MR) is 37.4 cm³/mol. The Hall–Kier alpha value is -0.340. The summed E-state index contributed by atoms with van der Waals surface area (Å²) in [5.41, 5.74) is 1.19. The molecule has 0 spiro atoms. The van der Waals surface area contributed by atoms with Gasteiger partial charge < -0.3 is 9.64 Å². The molecule has 0 N–H and O–H groups in total. The lowest BCUT2D eigenvalue weighted by Gasteiger charge is -2.17. The average molecular weight is 127 g/mol. The maximum absolute atomic E-state index is 5.19. The van der Waals surface area contributed by atoms with E-state index in [1.54, 1.807) is 0 Å². The lowest BCUT2D eigenvalue weighted by Crippen LogP contribution is -2.28. The molecule has 0 saturated carbocycles. The summed E-state index contributed by atoms with van der Waals surface area (Å²) in [7, 11) is 4.09. The first kappa shape index (κ1) is 6.78. The molecule has 1 atom stereocenters. The van der Waals surface area contributed by atoms with Gasteiger partial charge in [-0.25, -0.2) is 0 Å². The van der Waals surface area contributed by atoms with Gasteiger partial charge in [0, 0.05) is 0 Å². The van der Waals surface area contributed by atoms with Gasteiger partial charge in [-0.1, -0.05) is 6.58 Å². The molecule has 1 aliphatic heterocycles. The average Bonchev–Trinajstić information content (AvgIpc) is 2.13. The Kier molecular flexibility index (Phi) is 1.88. The molecule has 1 aliphatic rings. The van der Waals surface area contributed by atoms with Crippen LogP contribution in [-0.4, -0.2) is 38.3 Å². The van der Waals surface area contributed by atoms with Gasteiger partial charge in [-0.15, -0.1) is 0 Å². The molecule has 0 radical (unpaired) electrons. The lowest BCUT2D eigenvalue weighted by atomic mass is 10.2. The quantitative estimate of drug-likeness (QED) is 0.476. The van der Waals surface area contributed by atoms with E-state index in [0.717, 1.165) is 13.2 Å². The first-order chi connectivity index (χ1) is 4.22. The Labute approximate surface area is 56.1 Å². The molecule has 0 bridgehead atoms. The van der Waals surface area contributed by atoms with E-state index in [4.69, 9.17) is 4.74 Å². The summed E-state index contributed by atoms with van der Waals surface area (Å²) in [5.74, 6) is 0. The van der Waals surface area contributed by atoms with Crippen LogP contribution in [0.4, 0.5) is 0 Å². The maximum Gasteiger partial charge on any atom is 0.0691 e. The van der Waals surface area contributed by atoms with Gasteiger partial charge >= 0.3 is 0 Å². The van der Waals surface area contributed by atoms with Gasteiger partial charge in [-0.2, -0.15) is 0 Å². The zero-order valence-corrected chi connectivity index (χ0v) is 6.05. The molecule has 0 aromatic heterocycles. The number of nitrogens with zero attached hydrogens (tertiary/aromatic N) is 1. The number of rotatable bonds is 1. The van der Waals surface area contributed by atoms with Gasteiger partial charge in [0.15, 0.2) is 0 Å². The van der Waals surface area contributed by atoms with Crippen molar-refractivity contribution in [2.75, 3.05) is 27.3 Å². The Morgan fingerprint density at radius 1 is 1.67 bits per heavy atom. The van der Waals surface area contributed by atoms with Gasteiger partial charge in [0.1, 0.15) is 0 Å².